The van der Waals surface area contributed by atoms with Gasteiger partial charge in [-0.3, -0.25) is 4.99 Å². The van der Waals surface area contributed by atoms with Crippen molar-refractivity contribution in [3.8, 4) is 0 Å². The summed E-state index contributed by atoms with van der Waals surface area (Å²) in [5.74, 6) is 1.75. The van der Waals surface area contributed by atoms with Crippen LogP contribution in [0.1, 0.15) is 32.3 Å². The Kier molecular flexibility index (Phi) is 11.5. The van der Waals surface area contributed by atoms with E-state index < -0.39 is 0 Å². The van der Waals surface area contributed by atoms with Crippen LogP contribution in [-0.2, 0) is 11.2 Å². The molecule has 0 spiro atoms. The highest BCUT2D eigenvalue weighted by Crippen LogP contribution is 2.35. The average molecular weight is 495 g/mol. The molecular formula is C19H31FIN3OS. The van der Waals surface area contributed by atoms with Crippen LogP contribution in [0.3, 0.4) is 0 Å². The second kappa shape index (κ2) is 12.8. The topological polar surface area (TPSA) is 45.7 Å². The molecule has 1 heterocycles. The maximum Gasteiger partial charge on any atom is 0.191 e. The molecule has 0 aliphatic carbocycles. The molecule has 1 saturated heterocycles. The summed E-state index contributed by atoms with van der Waals surface area (Å²) in [6.45, 7) is 8.26. The molecule has 0 aromatic heterocycles. The molecule has 1 aromatic rings. The Labute approximate surface area is 178 Å². The molecule has 4 nitrogen and oxygen atoms in total. The van der Waals surface area contributed by atoms with Gasteiger partial charge >= 0.3 is 0 Å². The van der Waals surface area contributed by atoms with E-state index in [0.29, 0.717) is 0 Å². The molecule has 1 aliphatic rings. The lowest BCUT2D eigenvalue weighted by Gasteiger charge is -2.35. The summed E-state index contributed by atoms with van der Waals surface area (Å²) in [4.78, 5) is 4.82. The summed E-state index contributed by atoms with van der Waals surface area (Å²) in [5, 5.41) is 6.67. The minimum atomic E-state index is -0.184. The van der Waals surface area contributed by atoms with E-state index >= 15 is 0 Å². The molecule has 26 heavy (non-hydrogen) atoms. The van der Waals surface area contributed by atoms with Crippen LogP contribution in [0.4, 0.5) is 4.39 Å². The van der Waals surface area contributed by atoms with E-state index in [1.54, 1.807) is 12.1 Å². The molecule has 1 fully saturated rings. The third-order valence-corrected chi connectivity index (χ3v) is 5.76. The van der Waals surface area contributed by atoms with Crippen LogP contribution >= 0.6 is 35.7 Å². The Morgan fingerprint density at radius 1 is 1.27 bits per heavy atom. The lowest BCUT2D eigenvalue weighted by molar-refractivity contribution is 0.0793. The minimum absolute atomic E-state index is 0. The molecule has 0 bridgehead atoms. The smallest absolute Gasteiger partial charge is 0.191 e. The number of thioether (sulfide) groups is 1. The summed E-state index contributed by atoms with van der Waals surface area (Å²) >= 11 is 2.00. The predicted molar refractivity (Wildman–Crippen MR) is 120 cm³/mol. The van der Waals surface area contributed by atoms with Crippen molar-refractivity contribution >= 4 is 41.7 Å². The summed E-state index contributed by atoms with van der Waals surface area (Å²) < 4.78 is 19.0. The normalized spacial score (nSPS) is 16.7. The highest BCUT2D eigenvalue weighted by atomic mass is 127. The van der Waals surface area contributed by atoms with Crippen molar-refractivity contribution in [2.75, 3.05) is 38.6 Å². The van der Waals surface area contributed by atoms with Crippen molar-refractivity contribution in [2.45, 2.75) is 37.9 Å². The van der Waals surface area contributed by atoms with Gasteiger partial charge in [0.25, 0.3) is 0 Å². The lowest BCUT2D eigenvalue weighted by Crippen LogP contribution is -2.41. The Hall–Kier alpha value is -0.540. The number of nitrogens with one attached hydrogen (secondary N) is 2. The molecule has 2 rings (SSSR count). The van der Waals surface area contributed by atoms with Gasteiger partial charge in [0.05, 0.1) is 6.54 Å². The van der Waals surface area contributed by atoms with E-state index in [4.69, 9.17) is 9.73 Å². The largest absolute Gasteiger partial charge is 0.381 e. The van der Waals surface area contributed by atoms with Gasteiger partial charge in [0.15, 0.2) is 5.96 Å². The van der Waals surface area contributed by atoms with Crippen LogP contribution in [0.25, 0.3) is 0 Å². The summed E-state index contributed by atoms with van der Waals surface area (Å²) in [7, 11) is 0. The summed E-state index contributed by atoms with van der Waals surface area (Å²) in [5.41, 5.74) is 0.991. The highest BCUT2D eigenvalue weighted by molar-refractivity contribution is 14.0. The fourth-order valence-corrected chi connectivity index (χ4v) is 4.20. The van der Waals surface area contributed by atoms with E-state index in [1.165, 1.54) is 6.07 Å². The summed E-state index contributed by atoms with van der Waals surface area (Å²) in [6, 6.07) is 6.76. The van der Waals surface area contributed by atoms with Gasteiger partial charge in [-0.1, -0.05) is 19.1 Å². The number of ether oxygens (including phenoxy) is 1. The van der Waals surface area contributed by atoms with Gasteiger partial charge in [0.2, 0.25) is 0 Å². The van der Waals surface area contributed by atoms with E-state index in [9.17, 15) is 4.39 Å². The first-order valence-corrected chi connectivity index (χ1v) is 10.1. The average Bonchev–Trinajstić information content (AvgIpc) is 2.61. The second-order valence-electron chi connectivity index (χ2n) is 6.23. The first kappa shape index (κ1) is 23.5. The molecular weight excluding hydrogens is 464 g/mol. The van der Waals surface area contributed by atoms with E-state index in [0.717, 1.165) is 69.4 Å². The third-order valence-electron chi connectivity index (χ3n) is 4.32. The Morgan fingerprint density at radius 2 is 2.04 bits per heavy atom. The maximum absolute atomic E-state index is 13.2. The monoisotopic (exact) mass is 495 g/mol. The van der Waals surface area contributed by atoms with Gasteiger partial charge in [-0.2, -0.15) is 11.8 Å². The number of guanidine groups is 1. The van der Waals surface area contributed by atoms with Crippen molar-refractivity contribution in [3.63, 3.8) is 0 Å². The highest BCUT2D eigenvalue weighted by Gasteiger charge is 2.32. The summed E-state index contributed by atoms with van der Waals surface area (Å²) in [6.07, 6.45) is 2.88. The maximum atomic E-state index is 13.2. The molecule has 1 aromatic carbocycles. The van der Waals surface area contributed by atoms with Crippen molar-refractivity contribution in [3.05, 3.63) is 35.6 Å². The molecule has 0 atom stereocenters. The lowest BCUT2D eigenvalue weighted by atomic mass is 9.99. The molecule has 0 amide bonds. The number of nitrogens with zero attached hydrogens (tertiary/aromatic N) is 1. The predicted octanol–water partition coefficient (Wildman–Crippen LogP) is 3.84. The molecule has 148 valence electrons. The van der Waals surface area contributed by atoms with Crippen LogP contribution in [0.2, 0.25) is 0 Å². The van der Waals surface area contributed by atoms with Gasteiger partial charge in [-0.25, -0.2) is 4.39 Å². The molecule has 0 unspecified atom stereocenters. The zero-order valence-electron chi connectivity index (χ0n) is 15.7. The SMILES string of the molecule is CCNC(=NCC1(SCC)CCOCC1)NCCc1cccc(F)c1.I. The van der Waals surface area contributed by atoms with Gasteiger partial charge in [-0.15, -0.1) is 24.0 Å². The van der Waals surface area contributed by atoms with E-state index in [-0.39, 0.29) is 34.5 Å². The second-order valence-corrected chi connectivity index (χ2v) is 7.96. The Bertz CT molecular complexity index is 548. The molecule has 0 saturated carbocycles. The number of hydrogen-bond acceptors (Lipinski definition) is 3. The Balaban J connectivity index is 0.00000338. The van der Waals surface area contributed by atoms with Crippen LogP contribution < -0.4 is 10.6 Å². The number of halogens is 2. The van der Waals surface area contributed by atoms with Crippen LogP contribution in [-0.4, -0.2) is 49.3 Å². The van der Waals surface area contributed by atoms with Crippen LogP contribution in [0.15, 0.2) is 29.3 Å². The first-order chi connectivity index (χ1) is 12.2. The molecule has 7 heteroatoms. The quantitative estimate of drug-likeness (QED) is 0.327. The van der Waals surface area contributed by atoms with E-state index in [2.05, 4.69) is 24.5 Å². The fourth-order valence-electron chi connectivity index (χ4n) is 2.98. The number of aliphatic imine (C=N–C) groups is 1. The molecule has 0 radical (unpaired) electrons. The van der Waals surface area contributed by atoms with Crippen molar-refractivity contribution in [2.24, 2.45) is 4.99 Å². The van der Waals surface area contributed by atoms with Gasteiger partial charge in [-0.05, 0) is 49.6 Å². The standard InChI is InChI=1S/C19H30FN3OS.HI/c1-3-21-18(22-11-8-16-6-5-7-17(20)14-16)23-15-19(25-4-2)9-12-24-13-10-19;/h5-7,14H,3-4,8-13,15H2,1-2H3,(H2,21,22,23);1H. The Morgan fingerprint density at radius 3 is 2.69 bits per heavy atom. The fraction of sp³-hybridized carbons (Fsp3) is 0.632. The first-order valence-electron chi connectivity index (χ1n) is 9.16. The van der Waals surface area contributed by atoms with E-state index in [1.807, 2.05) is 17.8 Å². The van der Waals surface area contributed by atoms with Crippen molar-refractivity contribution in [1.82, 2.24) is 10.6 Å². The molecule has 1 aliphatic heterocycles. The third kappa shape index (κ3) is 8.00. The zero-order chi connectivity index (χ0) is 18.0. The zero-order valence-corrected chi connectivity index (χ0v) is 18.9. The number of rotatable bonds is 8. The van der Waals surface area contributed by atoms with Gasteiger partial charge in [0, 0.05) is 31.1 Å². The number of hydrogen-bond donors (Lipinski definition) is 2. The molecule has 2 N–H and O–H groups in total. The van der Waals surface area contributed by atoms with Crippen LogP contribution in [0.5, 0.6) is 0 Å². The van der Waals surface area contributed by atoms with Gasteiger partial charge < -0.3 is 15.4 Å². The minimum Gasteiger partial charge on any atom is -0.381 e. The number of benzene rings is 1. The van der Waals surface area contributed by atoms with Crippen molar-refractivity contribution in [1.29, 1.82) is 0 Å². The van der Waals surface area contributed by atoms with Gasteiger partial charge in [0.1, 0.15) is 5.82 Å². The van der Waals surface area contributed by atoms with Crippen LogP contribution in [0, 0.1) is 5.82 Å². The van der Waals surface area contributed by atoms with Crippen molar-refractivity contribution < 1.29 is 9.13 Å².